The summed E-state index contributed by atoms with van der Waals surface area (Å²) in [5, 5.41) is 4.29. The van der Waals surface area contributed by atoms with Crippen molar-refractivity contribution >= 4 is 11.3 Å². The number of nitrogens with one attached hydrogen (secondary N) is 1. The second-order valence-electron chi connectivity index (χ2n) is 4.37. The van der Waals surface area contributed by atoms with Crippen LogP contribution >= 0.6 is 11.3 Å². The maximum atomic E-state index is 4.73. The third-order valence-electron chi connectivity index (χ3n) is 2.86. The molecule has 0 fully saturated rings. The number of aromatic nitrogens is 1. The van der Waals surface area contributed by atoms with Crippen molar-refractivity contribution in [3.05, 3.63) is 39.9 Å². The quantitative estimate of drug-likeness (QED) is 0.897. The lowest BCUT2D eigenvalue weighted by atomic mass is 10.1. The molecule has 0 bridgehead atoms. The van der Waals surface area contributed by atoms with Crippen LogP contribution in [0.15, 0.2) is 18.2 Å². The van der Waals surface area contributed by atoms with E-state index in [0.717, 1.165) is 17.2 Å². The normalized spacial score (nSPS) is 10.8. The highest BCUT2D eigenvalue weighted by molar-refractivity contribution is 7.15. The minimum Gasteiger partial charge on any atom is -0.314 e. The van der Waals surface area contributed by atoms with Crippen molar-refractivity contribution in [2.75, 3.05) is 7.05 Å². The van der Waals surface area contributed by atoms with Crippen LogP contribution in [0.4, 0.5) is 0 Å². The van der Waals surface area contributed by atoms with Gasteiger partial charge in [-0.05, 0) is 39.4 Å². The van der Waals surface area contributed by atoms with Crippen molar-refractivity contribution in [3.63, 3.8) is 0 Å². The Bertz CT molecular complexity index is 529. The molecule has 1 N–H and O–H groups in total. The molecule has 0 radical (unpaired) electrons. The van der Waals surface area contributed by atoms with Crippen molar-refractivity contribution in [3.8, 4) is 10.6 Å². The fraction of sp³-hybridized carbons (Fsp3) is 0.357. The Labute approximate surface area is 107 Å². The van der Waals surface area contributed by atoms with Crippen LogP contribution in [0.3, 0.4) is 0 Å². The summed E-state index contributed by atoms with van der Waals surface area (Å²) in [6, 6.07) is 6.53. The second-order valence-corrected chi connectivity index (χ2v) is 5.57. The van der Waals surface area contributed by atoms with Crippen LogP contribution in [0, 0.1) is 20.8 Å². The first-order valence-corrected chi connectivity index (χ1v) is 6.62. The molecule has 0 saturated heterocycles. The zero-order valence-corrected chi connectivity index (χ0v) is 11.6. The van der Waals surface area contributed by atoms with E-state index in [4.69, 9.17) is 4.98 Å². The Morgan fingerprint density at radius 3 is 2.71 bits per heavy atom. The SMILES string of the molecule is CNCc1nc(-c2cc(C)ccc2C)sc1C. The van der Waals surface area contributed by atoms with E-state index in [1.165, 1.54) is 21.6 Å². The van der Waals surface area contributed by atoms with Gasteiger partial charge in [0.1, 0.15) is 5.01 Å². The van der Waals surface area contributed by atoms with Crippen LogP contribution in [0.25, 0.3) is 10.6 Å². The molecule has 0 amide bonds. The lowest BCUT2D eigenvalue weighted by Gasteiger charge is -2.03. The van der Waals surface area contributed by atoms with E-state index >= 15 is 0 Å². The molecular formula is C14H18N2S. The van der Waals surface area contributed by atoms with Gasteiger partial charge in [-0.2, -0.15) is 0 Å². The molecule has 0 spiro atoms. The fourth-order valence-electron chi connectivity index (χ4n) is 1.84. The molecule has 2 aromatic rings. The number of thiazole rings is 1. The summed E-state index contributed by atoms with van der Waals surface area (Å²) in [5.41, 5.74) is 5.00. The molecule has 2 rings (SSSR count). The topological polar surface area (TPSA) is 24.9 Å². The number of rotatable bonds is 3. The Hall–Kier alpha value is -1.19. The van der Waals surface area contributed by atoms with E-state index in [1.807, 2.05) is 7.05 Å². The number of hydrogen-bond acceptors (Lipinski definition) is 3. The molecule has 0 saturated carbocycles. The van der Waals surface area contributed by atoms with Crippen molar-refractivity contribution in [2.24, 2.45) is 0 Å². The summed E-state index contributed by atoms with van der Waals surface area (Å²) in [4.78, 5) is 6.03. The summed E-state index contributed by atoms with van der Waals surface area (Å²) in [6.07, 6.45) is 0. The molecule has 0 unspecified atom stereocenters. The van der Waals surface area contributed by atoms with Crippen LogP contribution in [-0.2, 0) is 6.54 Å². The summed E-state index contributed by atoms with van der Waals surface area (Å²) in [7, 11) is 1.95. The van der Waals surface area contributed by atoms with Crippen LogP contribution in [0.2, 0.25) is 0 Å². The molecule has 2 nitrogen and oxygen atoms in total. The average Bonchev–Trinajstić information content (AvgIpc) is 2.64. The Morgan fingerprint density at radius 1 is 1.24 bits per heavy atom. The van der Waals surface area contributed by atoms with Gasteiger partial charge < -0.3 is 5.32 Å². The predicted octanol–water partition coefficient (Wildman–Crippen LogP) is 3.45. The van der Waals surface area contributed by atoms with E-state index in [2.05, 4.69) is 44.3 Å². The predicted molar refractivity (Wildman–Crippen MR) is 74.5 cm³/mol. The molecule has 0 aliphatic heterocycles. The molecule has 1 aromatic heterocycles. The van der Waals surface area contributed by atoms with Gasteiger partial charge in [0.2, 0.25) is 0 Å². The highest BCUT2D eigenvalue weighted by atomic mass is 32.1. The van der Waals surface area contributed by atoms with Gasteiger partial charge in [-0.1, -0.05) is 17.7 Å². The molecule has 0 atom stereocenters. The lowest BCUT2D eigenvalue weighted by molar-refractivity contribution is 0.793. The Kier molecular flexibility index (Phi) is 3.60. The zero-order chi connectivity index (χ0) is 12.4. The summed E-state index contributed by atoms with van der Waals surface area (Å²) < 4.78 is 0. The monoisotopic (exact) mass is 246 g/mol. The number of nitrogens with zero attached hydrogens (tertiary/aromatic N) is 1. The third-order valence-corrected chi connectivity index (χ3v) is 3.91. The van der Waals surface area contributed by atoms with Gasteiger partial charge in [-0.3, -0.25) is 0 Å². The summed E-state index contributed by atoms with van der Waals surface area (Å²) in [5.74, 6) is 0. The minimum atomic E-state index is 0.840. The molecule has 17 heavy (non-hydrogen) atoms. The van der Waals surface area contributed by atoms with Crippen molar-refractivity contribution in [1.29, 1.82) is 0 Å². The van der Waals surface area contributed by atoms with Gasteiger partial charge >= 0.3 is 0 Å². The molecule has 1 heterocycles. The van der Waals surface area contributed by atoms with Crippen LogP contribution in [0.5, 0.6) is 0 Å². The molecular weight excluding hydrogens is 228 g/mol. The first kappa shape index (κ1) is 12.3. The van der Waals surface area contributed by atoms with E-state index in [9.17, 15) is 0 Å². The molecule has 0 aliphatic carbocycles. The smallest absolute Gasteiger partial charge is 0.124 e. The van der Waals surface area contributed by atoms with E-state index in [0.29, 0.717) is 0 Å². The van der Waals surface area contributed by atoms with Gasteiger partial charge in [0.05, 0.1) is 5.69 Å². The van der Waals surface area contributed by atoms with Gasteiger partial charge in [-0.25, -0.2) is 4.98 Å². The van der Waals surface area contributed by atoms with Gasteiger partial charge in [0, 0.05) is 17.0 Å². The van der Waals surface area contributed by atoms with E-state index < -0.39 is 0 Å². The third kappa shape index (κ3) is 2.56. The largest absolute Gasteiger partial charge is 0.314 e. The average molecular weight is 246 g/mol. The second kappa shape index (κ2) is 4.98. The van der Waals surface area contributed by atoms with Crippen LogP contribution < -0.4 is 5.32 Å². The number of hydrogen-bond donors (Lipinski definition) is 1. The molecule has 3 heteroatoms. The van der Waals surface area contributed by atoms with E-state index in [1.54, 1.807) is 11.3 Å². The maximum Gasteiger partial charge on any atom is 0.124 e. The minimum absolute atomic E-state index is 0.840. The van der Waals surface area contributed by atoms with Crippen LogP contribution in [0.1, 0.15) is 21.7 Å². The Morgan fingerprint density at radius 2 is 2.00 bits per heavy atom. The summed E-state index contributed by atoms with van der Waals surface area (Å²) in [6.45, 7) is 7.24. The van der Waals surface area contributed by atoms with Gasteiger partial charge in [0.25, 0.3) is 0 Å². The fourth-order valence-corrected chi connectivity index (χ4v) is 2.85. The maximum absolute atomic E-state index is 4.73. The number of benzene rings is 1. The lowest BCUT2D eigenvalue weighted by Crippen LogP contribution is -2.06. The van der Waals surface area contributed by atoms with Gasteiger partial charge in [0.15, 0.2) is 0 Å². The van der Waals surface area contributed by atoms with E-state index in [-0.39, 0.29) is 0 Å². The van der Waals surface area contributed by atoms with Crippen molar-refractivity contribution < 1.29 is 0 Å². The highest BCUT2D eigenvalue weighted by Crippen LogP contribution is 2.30. The molecule has 1 aromatic carbocycles. The number of aryl methyl sites for hydroxylation is 3. The first-order valence-electron chi connectivity index (χ1n) is 5.80. The molecule has 90 valence electrons. The summed E-state index contributed by atoms with van der Waals surface area (Å²) >= 11 is 1.78. The Balaban J connectivity index is 2.45. The van der Waals surface area contributed by atoms with Crippen molar-refractivity contribution in [2.45, 2.75) is 27.3 Å². The van der Waals surface area contributed by atoms with Crippen LogP contribution in [-0.4, -0.2) is 12.0 Å². The highest BCUT2D eigenvalue weighted by Gasteiger charge is 2.10. The van der Waals surface area contributed by atoms with Crippen molar-refractivity contribution in [1.82, 2.24) is 10.3 Å². The van der Waals surface area contributed by atoms with Gasteiger partial charge in [-0.15, -0.1) is 11.3 Å². The standard InChI is InChI=1S/C14H18N2S/c1-9-5-6-10(2)12(7-9)14-16-13(8-15-4)11(3)17-14/h5-7,15H,8H2,1-4H3. The molecule has 0 aliphatic rings. The first-order chi connectivity index (χ1) is 8.11. The zero-order valence-electron chi connectivity index (χ0n) is 10.8.